The molecule has 0 bridgehead atoms. The van der Waals surface area contributed by atoms with Crippen LogP contribution in [0.15, 0.2) is 24.3 Å². The summed E-state index contributed by atoms with van der Waals surface area (Å²) < 4.78 is 0. The van der Waals surface area contributed by atoms with E-state index in [0.29, 0.717) is 12.3 Å². The molecule has 7 nitrogen and oxygen atoms in total. The highest BCUT2D eigenvalue weighted by Crippen LogP contribution is 2.50. The molecule has 3 amide bonds. The van der Waals surface area contributed by atoms with E-state index < -0.39 is 34.6 Å². The molecule has 1 aromatic rings. The summed E-state index contributed by atoms with van der Waals surface area (Å²) in [6.45, 7) is 0.315. The Labute approximate surface area is 128 Å². The van der Waals surface area contributed by atoms with E-state index in [0.717, 1.165) is 16.7 Å². The zero-order valence-corrected chi connectivity index (χ0v) is 12.0. The molecule has 0 unspecified atom stereocenters. The molecule has 2 saturated heterocycles. The minimum Gasteiger partial charge on any atom is -0.479 e. The highest BCUT2D eigenvalue weighted by atomic mass is 32.2. The molecule has 1 N–H and O–H groups in total. The second-order valence-corrected chi connectivity index (χ2v) is 6.59. The molecule has 4 rings (SSSR count). The van der Waals surface area contributed by atoms with Crippen LogP contribution in [0.3, 0.4) is 0 Å². The molecule has 8 heteroatoms. The molecule has 0 saturated carbocycles. The first kappa shape index (κ1) is 13.3. The summed E-state index contributed by atoms with van der Waals surface area (Å²) in [6, 6.07) is 4.99. The van der Waals surface area contributed by atoms with Gasteiger partial charge in [-0.3, -0.25) is 19.3 Å². The van der Waals surface area contributed by atoms with Crippen LogP contribution in [0, 0.1) is 0 Å². The van der Waals surface area contributed by atoms with Gasteiger partial charge in [0.2, 0.25) is 4.87 Å². The van der Waals surface area contributed by atoms with Crippen molar-refractivity contribution in [2.24, 2.45) is 0 Å². The van der Waals surface area contributed by atoms with Crippen molar-refractivity contribution in [2.75, 3.05) is 12.3 Å². The third kappa shape index (κ3) is 1.29. The molecule has 0 spiro atoms. The van der Waals surface area contributed by atoms with E-state index in [1.165, 1.54) is 17.0 Å². The Morgan fingerprint density at radius 2 is 1.77 bits per heavy atom. The van der Waals surface area contributed by atoms with Crippen molar-refractivity contribution in [3.63, 3.8) is 0 Å². The van der Waals surface area contributed by atoms with Gasteiger partial charge in [-0.2, -0.15) is 0 Å². The lowest BCUT2D eigenvalue weighted by Gasteiger charge is -2.51. The third-order valence-electron chi connectivity index (χ3n) is 4.30. The van der Waals surface area contributed by atoms with Crippen LogP contribution in [0.4, 0.5) is 0 Å². The molecule has 3 aliphatic heterocycles. The lowest BCUT2D eigenvalue weighted by molar-refractivity contribution is -0.172. The largest absolute Gasteiger partial charge is 0.479 e. The topological polar surface area (TPSA) is 95.0 Å². The number of hydrogen-bond donors (Lipinski definition) is 1. The van der Waals surface area contributed by atoms with Gasteiger partial charge < -0.3 is 10.0 Å². The first-order chi connectivity index (χ1) is 10.5. The smallest absolute Gasteiger partial charge is 0.343 e. The number of fused-ring (bicyclic) bond motifs is 2. The van der Waals surface area contributed by atoms with E-state index in [9.17, 15) is 24.3 Å². The summed E-state index contributed by atoms with van der Waals surface area (Å²) in [6.07, 6.45) is 0. The maximum atomic E-state index is 12.5. The number of carboxylic acids is 1. The number of benzene rings is 1. The van der Waals surface area contributed by atoms with Crippen LogP contribution in [0.25, 0.3) is 0 Å². The van der Waals surface area contributed by atoms with Gasteiger partial charge in [0, 0.05) is 12.3 Å². The monoisotopic (exact) mass is 318 g/mol. The number of imide groups is 1. The predicted octanol–water partition coefficient (Wildman–Crippen LogP) is 0.0211. The first-order valence-electron chi connectivity index (χ1n) is 6.66. The van der Waals surface area contributed by atoms with Crippen LogP contribution in [0.1, 0.15) is 20.7 Å². The molecule has 22 heavy (non-hydrogen) atoms. The van der Waals surface area contributed by atoms with Gasteiger partial charge in [-0.25, -0.2) is 4.79 Å². The maximum absolute atomic E-state index is 12.5. The average Bonchev–Trinajstić information content (AvgIpc) is 3.01. The summed E-state index contributed by atoms with van der Waals surface area (Å²) in [4.78, 5) is 49.5. The number of rotatable bonds is 2. The number of carbonyl (C=O) groups is 4. The van der Waals surface area contributed by atoms with E-state index >= 15 is 0 Å². The Kier molecular flexibility index (Phi) is 2.48. The molecule has 0 aromatic heterocycles. The number of aliphatic carboxylic acids is 1. The average molecular weight is 318 g/mol. The molecule has 3 aliphatic rings. The second-order valence-electron chi connectivity index (χ2n) is 5.27. The van der Waals surface area contributed by atoms with Crippen molar-refractivity contribution in [1.29, 1.82) is 0 Å². The van der Waals surface area contributed by atoms with Gasteiger partial charge in [-0.15, -0.1) is 11.8 Å². The predicted molar refractivity (Wildman–Crippen MR) is 75.3 cm³/mol. The molecule has 2 atom stereocenters. The standard InChI is InChI=1S/C14H10N2O5S/c17-10-7-3-1-2-4-8(7)11(18)16(10)9-12(19)15-5-6-22-14(9,15)13(20)21/h1-4,9H,5-6H2,(H,20,21)/t9-,14+/m1/s1. The number of β-lactam (4-membered cyclic amide) rings is 1. The van der Waals surface area contributed by atoms with Gasteiger partial charge in [-0.1, -0.05) is 12.1 Å². The van der Waals surface area contributed by atoms with Crippen molar-refractivity contribution in [2.45, 2.75) is 10.9 Å². The van der Waals surface area contributed by atoms with E-state index in [1.807, 2.05) is 0 Å². The number of nitrogens with zero attached hydrogens (tertiary/aromatic N) is 2. The van der Waals surface area contributed by atoms with Crippen LogP contribution in [-0.2, 0) is 9.59 Å². The van der Waals surface area contributed by atoms with Crippen molar-refractivity contribution in [1.82, 2.24) is 9.80 Å². The first-order valence-corrected chi connectivity index (χ1v) is 7.64. The molecular weight excluding hydrogens is 308 g/mol. The quantitative estimate of drug-likeness (QED) is 0.610. The van der Waals surface area contributed by atoms with Gasteiger partial charge in [0.15, 0.2) is 6.04 Å². The zero-order valence-electron chi connectivity index (χ0n) is 11.2. The molecule has 2 fully saturated rings. The van der Waals surface area contributed by atoms with Crippen LogP contribution in [-0.4, -0.2) is 61.8 Å². The number of hydrogen-bond acceptors (Lipinski definition) is 5. The molecule has 3 heterocycles. The van der Waals surface area contributed by atoms with Gasteiger partial charge in [0.25, 0.3) is 17.7 Å². The Bertz CT molecular complexity index is 728. The van der Waals surface area contributed by atoms with Gasteiger partial charge in [0.1, 0.15) is 0 Å². The SMILES string of the molecule is O=C1c2ccccc2C(=O)N1[C@@H]1C(=O)N2CCS[C@]12C(=O)O. The van der Waals surface area contributed by atoms with E-state index in [1.54, 1.807) is 12.1 Å². The fourth-order valence-electron chi connectivity index (χ4n) is 3.31. The summed E-state index contributed by atoms with van der Waals surface area (Å²) in [5.74, 6) is -2.42. The van der Waals surface area contributed by atoms with Crippen LogP contribution in [0.5, 0.6) is 0 Å². The minimum atomic E-state index is -1.54. The summed E-state index contributed by atoms with van der Waals surface area (Å²) >= 11 is 1.09. The van der Waals surface area contributed by atoms with Crippen LogP contribution >= 0.6 is 11.8 Å². The fourth-order valence-corrected chi connectivity index (χ4v) is 4.72. The molecule has 0 radical (unpaired) electrons. The lowest BCUT2D eigenvalue weighted by atomic mass is 9.92. The second kappa shape index (κ2) is 4.10. The van der Waals surface area contributed by atoms with Crippen LogP contribution in [0.2, 0.25) is 0 Å². The Balaban J connectivity index is 1.80. The van der Waals surface area contributed by atoms with Crippen molar-refractivity contribution < 1.29 is 24.3 Å². The van der Waals surface area contributed by atoms with E-state index in [-0.39, 0.29) is 11.1 Å². The fraction of sp³-hybridized carbons (Fsp3) is 0.286. The molecule has 0 aliphatic carbocycles. The highest BCUT2D eigenvalue weighted by Gasteiger charge is 2.72. The van der Waals surface area contributed by atoms with Gasteiger partial charge >= 0.3 is 5.97 Å². The number of carbonyl (C=O) groups excluding carboxylic acids is 3. The molecular formula is C14H10N2O5S. The summed E-state index contributed by atoms with van der Waals surface area (Å²) in [5, 5.41) is 9.57. The highest BCUT2D eigenvalue weighted by molar-refractivity contribution is 8.01. The Morgan fingerprint density at radius 1 is 1.18 bits per heavy atom. The Hall–Kier alpha value is -2.35. The van der Waals surface area contributed by atoms with Crippen LogP contribution < -0.4 is 0 Å². The van der Waals surface area contributed by atoms with Crippen molar-refractivity contribution >= 4 is 35.5 Å². The normalized spacial score (nSPS) is 29.5. The van der Waals surface area contributed by atoms with E-state index in [4.69, 9.17) is 0 Å². The third-order valence-corrected chi connectivity index (χ3v) is 5.74. The Morgan fingerprint density at radius 3 is 2.32 bits per heavy atom. The lowest BCUT2D eigenvalue weighted by Crippen LogP contribution is -2.79. The van der Waals surface area contributed by atoms with Crippen molar-refractivity contribution in [3.05, 3.63) is 35.4 Å². The number of carboxylic acid groups (broad SMARTS) is 1. The number of thioether (sulfide) groups is 1. The zero-order chi connectivity index (χ0) is 15.6. The van der Waals surface area contributed by atoms with Gasteiger partial charge in [-0.05, 0) is 12.1 Å². The molecule has 112 valence electrons. The van der Waals surface area contributed by atoms with Gasteiger partial charge in [0.05, 0.1) is 11.1 Å². The summed E-state index contributed by atoms with van der Waals surface area (Å²) in [7, 11) is 0. The molecule has 1 aromatic carbocycles. The van der Waals surface area contributed by atoms with Crippen molar-refractivity contribution in [3.8, 4) is 0 Å². The minimum absolute atomic E-state index is 0.210. The van der Waals surface area contributed by atoms with E-state index in [2.05, 4.69) is 0 Å². The maximum Gasteiger partial charge on any atom is 0.343 e. The number of amides is 3. The summed E-state index contributed by atoms with van der Waals surface area (Å²) in [5.41, 5.74) is 0.421.